The highest BCUT2D eigenvalue weighted by Gasteiger charge is 2.05. The third-order valence-electron chi connectivity index (χ3n) is 3.44. The second kappa shape index (κ2) is 10.5. The van der Waals surface area contributed by atoms with Gasteiger partial charge in [0.2, 0.25) is 0 Å². The number of aliphatic imine (C=N–C) groups is 1. The largest absolute Gasteiger partial charge is 0.489 e. The lowest BCUT2D eigenvalue weighted by molar-refractivity contribution is 0.359. The first-order chi connectivity index (χ1) is 12.3. The molecule has 0 radical (unpaired) electrons. The smallest absolute Gasteiger partial charge is 0.191 e. The van der Waals surface area contributed by atoms with Crippen molar-refractivity contribution in [2.24, 2.45) is 4.99 Å². The van der Waals surface area contributed by atoms with Crippen molar-refractivity contribution in [1.29, 1.82) is 0 Å². The number of benzene rings is 1. The monoisotopic (exact) mass is 358 g/mol. The fourth-order valence-electron chi connectivity index (χ4n) is 2.18. The number of aryl methyl sites for hydroxylation is 1. The summed E-state index contributed by atoms with van der Waals surface area (Å²) in [6.07, 6.45) is 4.70. The van der Waals surface area contributed by atoms with Gasteiger partial charge in [0.1, 0.15) is 17.4 Å². The lowest BCUT2D eigenvalue weighted by atomic mass is 10.2. The van der Waals surface area contributed by atoms with Crippen molar-refractivity contribution in [2.75, 3.05) is 13.2 Å². The first kappa shape index (κ1) is 19.0. The van der Waals surface area contributed by atoms with Crippen LogP contribution in [0, 0.1) is 0 Å². The first-order valence-corrected chi connectivity index (χ1v) is 9.35. The molecule has 0 bridgehead atoms. The van der Waals surface area contributed by atoms with Gasteiger partial charge in [-0.3, -0.25) is 0 Å². The highest BCUT2D eigenvalue weighted by molar-refractivity contribution is 7.11. The molecule has 0 aliphatic carbocycles. The van der Waals surface area contributed by atoms with Crippen LogP contribution in [0.3, 0.4) is 0 Å². The molecule has 0 saturated carbocycles. The molecule has 2 N–H and O–H groups in total. The number of hydrogen-bond donors (Lipinski definition) is 2. The molecular formula is C19H26N4OS. The molecule has 0 saturated heterocycles. The summed E-state index contributed by atoms with van der Waals surface area (Å²) >= 11 is 1.73. The Labute approximate surface area is 153 Å². The summed E-state index contributed by atoms with van der Waals surface area (Å²) in [6, 6.07) is 7.94. The van der Waals surface area contributed by atoms with E-state index in [1.807, 2.05) is 30.5 Å². The van der Waals surface area contributed by atoms with Gasteiger partial charge in [0.15, 0.2) is 5.96 Å². The Morgan fingerprint density at radius 2 is 2.16 bits per heavy atom. The van der Waals surface area contributed by atoms with Crippen LogP contribution in [0.5, 0.6) is 5.75 Å². The van der Waals surface area contributed by atoms with E-state index in [-0.39, 0.29) is 0 Å². The van der Waals surface area contributed by atoms with E-state index in [1.165, 1.54) is 4.88 Å². The Hall–Kier alpha value is -2.34. The van der Waals surface area contributed by atoms with Crippen LogP contribution < -0.4 is 15.4 Å². The Morgan fingerprint density at radius 1 is 1.32 bits per heavy atom. The van der Waals surface area contributed by atoms with E-state index in [0.29, 0.717) is 19.7 Å². The first-order valence-electron chi connectivity index (χ1n) is 8.54. The van der Waals surface area contributed by atoms with Crippen LogP contribution in [0.2, 0.25) is 0 Å². The van der Waals surface area contributed by atoms with Crippen molar-refractivity contribution < 1.29 is 4.74 Å². The minimum absolute atomic E-state index is 0.489. The van der Waals surface area contributed by atoms with Gasteiger partial charge in [-0.25, -0.2) is 9.98 Å². The van der Waals surface area contributed by atoms with Gasteiger partial charge in [-0.1, -0.05) is 37.8 Å². The second-order valence-corrected chi connectivity index (χ2v) is 6.53. The molecule has 6 heteroatoms. The highest BCUT2D eigenvalue weighted by Crippen LogP contribution is 2.19. The predicted molar refractivity (Wildman–Crippen MR) is 105 cm³/mol. The maximum absolute atomic E-state index is 5.69. The molecule has 0 atom stereocenters. The molecule has 2 aromatic rings. The third-order valence-corrected chi connectivity index (χ3v) is 4.58. The standard InChI is InChI=1S/C19H26N4OS/c1-4-11-24-17-10-8-7-9-15(17)12-22-19(20-6-3)23-14-18-21-13-16(5-2)25-18/h4,7-10,13H,1,5-6,11-12,14H2,2-3H3,(H2,20,22,23). The maximum Gasteiger partial charge on any atom is 0.191 e. The molecule has 0 aliphatic heterocycles. The number of aromatic nitrogens is 1. The van der Waals surface area contributed by atoms with Crippen LogP contribution in [-0.2, 0) is 19.5 Å². The number of rotatable bonds is 9. The van der Waals surface area contributed by atoms with E-state index in [2.05, 4.69) is 41.0 Å². The summed E-state index contributed by atoms with van der Waals surface area (Å²) in [5.74, 6) is 1.61. The van der Waals surface area contributed by atoms with Gasteiger partial charge in [-0.15, -0.1) is 11.3 Å². The maximum atomic E-state index is 5.69. The van der Waals surface area contributed by atoms with Crippen molar-refractivity contribution in [3.8, 4) is 5.75 Å². The lowest BCUT2D eigenvalue weighted by Crippen LogP contribution is -2.36. The predicted octanol–water partition coefficient (Wildman–Crippen LogP) is 3.53. The number of nitrogens with one attached hydrogen (secondary N) is 2. The van der Waals surface area contributed by atoms with Gasteiger partial charge >= 0.3 is 0 Å². The van der Waals surface area contributed by atoms with Crippen LogP contribution in [-0.4, -0.2) is 24.1 Å². The molecule has 0 amide bonds. The number of hydrogen-bond acceptors (Lipinski definition) is 4. The SMILES string of the molecule is C=CCOc1ccccc1CN=C(NCC)NCc1ncc(CC)s1. The van der Waals surface area contributed by atoms with Gasteiger partial charge in [0, 0.05) is 23.2 Å². The zero-order valence-corrected chi connectivity index (χ0v) is 15.7. The fraction of sp³-hybridized carbons (Fsp3) is 0.368. The van der Waals surface area contributed by atoms with Gasteiger partial charge < -0.3 is 15.4 Å². The molecule has 1 heterocycles. The summed E-state index contributed by atoms with van der Waals surface area (Å²) in [5.41, 5.74) is 1.05. The van der Waals surface area contributed by atoms with E-state index in [9.17, 15) is 0 Å². The Morgan fingerprint density at radius 3 is 2.88 bits per heavy atom. The lowest BCUT2D eigenvalue weighted by Gasteiger charge is -2.12. The molecule has 0 spiro atoms. The Balaban J connectivity index is 2.00. The number of thiazole rings is 1. The molecule has 2 rings (SSSR count). The molecule has 0 unspecified atom stereocenters. The minimum Gasteiger partial charge on any atom is -0.489 e. The van der Waals surface area contributed by atoms with E-state index in [1.54, 1.807) is 17.4 Å². The summed E-state index contributed by atoms with van der Waals surface area (Å²) < 4.78 is 5.69. The fourth-order valence-corrected chi connectivity index (χ4v) is 2.98. The number of guanidine groups is 1. The van der Waals surface area contributed by atoms with Crippen LogP contribution >= 0.6 is 11.3 Å². The van der Waals surface area contributed by atoms with Crippen molar-refractivity contribution >= 4 is 17.3 Å². The Kier molecular flexibility index (Phi) is 7.98. The average molecular weight is 359 g/mol. The van der Waals surface area contributed by atoms with Gasteiger partial charge in [0.25, 0.3) is 0 Å². The molecular weight excluding hydrogens is 332 g/mol. The van der Waals surface area contributed by atoms with Gasteiger partial charge in [-0.05, 0) is 19.4 Å². The van der Waals surface area contributed by atoms with Crippen molar-refractivity contribution in [3.05, 3.63) is 58.6 Å². The zero-order valence-electron chi connectivity index (χ0n) is 14.9. The van der Waals surface area contributed by atoms with E-state index < -0.39 is 0 Å². The second-order valence-electron chi connectivity index (χ2n) is 5.33. The average Bonchev–Trinajstić information content (AvgIpc) is 3.11. The van der Waals surface area contributed by atoms with Crippen LogP contribution in [0.4, 0.5) is 0 Å². The van der Waals surface area contributed by atoms with E-state index in [0.717, 1.165) is 35.2 Å². The minimum atomic E-state index is 0.489. The normalized spacial score (nSPS) is 11.2. The molecule has 25 heavy (non-hydrogen) atoms. The summed E-state index contributed by atoms with van der Waals surface area (Å²) in [6.45, 7) is 10.4. The molecule has 134 valence electrons. The van der Waals surface area contributed by atoms with E-state index >= 15 is 0 Å². The van der Waals surface area contributed by atoms with Gasteiger partial charge in [0.05, 0.1) is 13.1 Å². The van der Waals surface area contributed by atoms with Crippen molar-refractivity contribution in [1.82, 2.24) is 15.6 Å². The molecule has 1 aromatic heterocycles. The van der Waals surface area contributed by atoms with Crippen LogP contribution in [0.25, 0.3) is 0 Å². The summed E-state index contributed by atoms with van der Waals surface area (Å²) in [7, 11) is 0. The summed E-state index contributed by atoms with van der Waals surface area (Å²) in [4.78, 5) is 10.4. The highest BCUT2D eigenvalue weighted by atomic mass is 32.1. The van der Waals surface area contributed by atoms with Gasteiger partial charge in [-0.2, -0.15) is 0 Å². The van der Waals surface area contributed by atoms with Crippen LogP contribution in [0.1, 0.15) is 29.3 Å². The molecule has 0 fully saturated rings. The number of para-hydroxylation sites is 1. The number of ether oxygens (including phenoxy) is 1. The van der Waals surface area contributed by atoms with Crippen molar-refractivity contribution in [2.45, 2.75) is 33.4 Å². The Bertz CT molecular complexity index is 696. The number of nitrogens with zero attached hydrogens (tertiary/aromatic N) is 2. The molecule has 1 aromatic carbocycles. The zero-order chi connectivity index (χ0) is 17.9. The summed E-state index contributed by atoms with van der Waals surface area (Å²) in [5, 5.41) is 7.67. The third kappa shape index (κ3) is 6.23. The molecule has 0 aliphatic rings. The van der Waals surface area contributed by atoms with Crippen molar-refractivity contribution in [3.63, 3.8) is 0 Å². The van der Waals surface area contributed by atoms with E-state index in [4.69, 9.17) is 4.74 Å². The molecule has 5 nitrogen and oxygen atoms in total. The quantitative estimate of drug-likeness (QED) is 0.409. The topological polar surface area (TPSA) is 58.5 Å². The van der Waals surface area contributed by atoms with Crippen LogP contribution in [0.15, 0.2) is 48.1 Å².